The van der Waals surface area contributed by atoms with Gasteiger partial charge in [0, 0.05) is 36.6 Å². The number of hydrogen-bond donors (Lipinski definition) is 2. The molecule has 3 N–H and O–H groups in total. The summed E-state index contributed by atoms with van der Waals surface area (Å²) >= 11 is 7.75. The summed E-state index contributed by atoms with van der Waals surface area (Å²) in [4.78, 5) is 9.50. The van der Waals surface area contributed by atoms with Crippen molar-refractivity contribution in [3.8, 4) is 0 Å². The van der Waals surface area contributed by atoms with Crippen molar-refractivity contribution in [1.82, 2.24) is 19.8 Å². The minimum absolute atomic E-state index is 0.0832. The van der Waals surface area contributed by atoms with Crippen molar-refractivity contribution in [2.24, 2.45) is 5.84 Å². The Kier molecular flexibility index (Phi) is 3.48. The van der Waals surface area contributed by atoms with Crippen molar-refractivity contribution in [2.75, 3.05) is 0 Å². The Labute approximate surface area is 119 Å². The number of nitrogens with two attached hydrogens (primary N) is 1. The molecule has 3 aromatic rings. The second-order valence-corrected chi connectivity index (χ2v) is 5.43. The summed E-state index contributed by atoms with van der Waals surface area (Å²) in [6, 6.07) is 1.78. The monoisotopic (exact) mass is 293 g/mol. The minimum atomic E-state index is -0.0832. The number of nitrogens with zero attached hydrogens (tertiary/aromatic N) is 3. The molecule has 0 saturated heterocycles. The topological polar surface area (TPSA) is 68.2 Å². The smallest absolute Gasteiger partial charge is 0.193 e. The van der Waals surface area contributed by atoms with Gasteiger partial charge in [0.1, 0.15) is 0 Å². The fourth-order valence-corrected chi connectivity index (χ4v) is 2.98. The second kappa shape index (κ2) is 5.26. The van der Waals surface area contributed by atoms with Crippen LogP contribution in [0.4, 0.5) is 0 Å². The minimum Gasteiger partial charge on any atom is -0.297 e. The van der Waals surface area contributed by atoms with Crippen LogP contribution in [0.5, 0.6) is 0 Å². The van der Waals surface area contributed by atoms with Gasteiger partial charge in [-0.15, -0.1) is 11.3 Å². The quantitative estimate of drug-likeness (QED) is 0.571. The zero-order chi connectivity index (χ0) is 13.2. The van der Waals surface area contributed by atoms with E-state index in [-0.39, 0.29) is 6.04 Å². The van der Waals surface area contributed by atoms with E-state index in [2.05, 4.69) is 15.4 Å². The number of halogens is 1. The summed E-state index contributed by atoms with van der Waals surface area (Å²) in [7, 11) is 0. The third-order valence-electron chi connectivity index (χ3n) is 2.94. The fraction of sp³-hybridized carbons (Fsp3) is 0.167. The van der Waals surface area contributed by atoms with Crippen LogP contribution in [0, 0.1) is 0 Å². The molecule has 0 bridgehead atoms. The average Bonchev–Trinajstić information content (AvgIpc) is 2.97. The highest BCUT2D eigenvalue weighted by Gasteiger charge is 2.15. The van der Waals surface area contributed by atoms with Gasteiger partial charge in [0.25, 0.3) is 0 Å². The molecule has 1 atom stereocenters. The van der Waals surface area contributed by atoms with E-state index in [9.17, 15) is 0 Å². The van der Waals surface area contributed by atoms with E-state index in [1.54, 1.807) is 23.7 Å². The maximum atomic E-state index is 6.14. The van der Waals surface area contributed by atoms with Crippen LogP contribution in [0.15, 0.2) is 36.2 Å². The van der Waals surface area contributed by atoms with Crippen LogP contribution in [0.1, 0.15) is 17.3 Å². The molecule has 0 aliphatic carbocycles. The zero-order valence-electron chi connectivity index (χ0n) is 9.95. The van der Waals surface area contributed by atoms with Gasteiger partial charge in [0.15, 0.2) is 4.96 Å². The summed E-state index contributed by atoms with van der Waals surface area (Å²) in [6.07, 6.45) is 7.99. The fourth-order valence-electron chi connectivity index (χ4n) is 2.01. The van der Waals surface area contributed by atoms with Crippen LogP contribution in [-0.2, 0) is 6.42 Å². The number of rotatable bonds is 4. The lowest BCUT2D eigenvalue weighted by atomic mass is 10.0. The number of imidazole rings is 1. The molecule has 7 heteroatoms. The third kappa shape index (κ3) is 2.48. The summed E-state index contributed by atoms with van der Waals surface area (Å²) in [5.74, 6) is 5.63. The molecule has 0 radical (unpaired) electrons. The van der Waals surface area contributed by atoms with Crippen LogP contribution >= 0.6 is 22.9 Å². The van der Waals surface area contributed by atoms with E-state index in [1.165, 1.54) is 0 Å². The predicted octanol–water partition coefficient (Wildman–Crippen LogP) is 2.19. The first-order valence-corrected chi connectivity index (χ1v) is 7.00. The van der Waals surface area contributed by atoms with Crippen LogP contribution in [0.2, 0.25) is 5.02 Å². The lowest BCUT2D eigenvalue weighted by Crippen LogP contribution is -2.30. The van der Waals surface area contributed by atoms with Crippen molar-refractivity contribution < 1.29 is 0 Å². The van der Waals surface area contributed by atoms with Gasteiger partial charge >= 0.3 is 0 Å². The summed E-state index contributed by atoms with van der Waals surface area (Å²) in [5, 5.41) is 2.61. The first kappa shape index (κ1) is 12.6. The molecule has 0 aliphatic rings. The van der Waals surface area contributed by atoms with Gasteiger partial charge in [-0.3, -0.25) is 20.7 Å². The van der Waals surface area contributed by atoms with Gasteiger partial charge in [-0.05, 0) is 11.6 Å². The van der Waals surface area contributed by atoms with Gasteiger partial charge in [-0.2, -0.15) is 0 Å². The Morgan fingerprint density at radius 3 is 3.16 bits per heavy atom. The average molecular weight is 294 g/mol. The van der Waals surface area contributed by atoms with Crippen molar-refractivity contribution in [3.63, 3.8) is 0 Å². The van der Waals surface area contributed by atoms with E-state index >= 15 is 0 Å². The van der Waals surface area contributed by atoms with Crippen molar-refractivity contribution >= 4 is 27.9 Å². The van der Waals surface area contributed by atoms with Gasteiger partial charge in [0.2, 0.25) is 0 Å². The number of pyridine rings is 1. The molecule has 3 rings (SSSR count). The van der Waals surface area contributed by atoms with Gasteiger partial charge in [-0.1, -0.05) is 11.6 Å². The van der Waals surface area contributed by atoms with Crippen molar-refractivity contribution in [3.05, 3.63) is 52.5 Å². The largest absolute Gasteiger partial charge is 0.297 e. The van der Waals surface area contributed by atoms with Gasteiger partial charge in [0.05, 0.1) is 16.8 Å². The summed E-state index contributed by atoms with van der Waals surface area (Å²) < 4.78 is 2.00. The molecule has 0 spiro atoms. The molecular formula is C12H12ClN5S. The number of hydrogen-bond acceptors (Lipinski definition) is 5. The Balaban J connectivity index is 1.87. The number of hydrazine groups is 1. The maximum Gasteiger partial charge on any atom is 0.193 e. The number of nitrogens with one attached hydrogen (secondary N) is 1. The van der Waals surface area contributed by atoms with Crippen LogP contribution in [0.25, 0.3) is 4.96 Å². The van der Waals surface area contributed by atoms with E-state index in [0.717, 1.165) is 16.2 Å². The van der Waals surface area contributed by atoms with Crippen molar-refractivity contribution in [2.45, 2.75) is 12.5 Å². The third-order valence-corrected chi connectivity index (χ3v) is 4.02. The molecule has 1 unspecified atom stereocenters. The van der Waals surface area contributed by atoms with Gasteiger partial charge < -0.3 is 0 Å². The zero-order valence-corrected chi connectivity index (χ0v) is 11.5. The highest BCUT2D eigenvalue weighted by atomic mass is 35.5. The summed E-state index contributed by atoms with van der Waals surface area (Å²) in [6.45, 7) is 0. The molecule has 0 amide bonds. The Hall–Kier alpha value is -1.47. The molecule has 19 heavy (non-hydrogen) atoms. The molecule has 0 fully saturated rings. The number of thiazole rings is 1. The highest BCUT2D eigenvalue weighted by molar-refractivity contribution is 7.15. The summed E-state index contributed by atoms with van der Waals surface area (Å²) in [5.41, 5.74) is 4.69. The predicted molar refractivity (Wildman–Crippen MR) is 76.1 cm³/mol. The molecule has 0 aromatic carbocycles. The second-order valence-electron chi connectivity index (χ2n) is 4.15. The molecule has 98 valence electrons. The van der Waals surface area contributed by atoms with Crippen LogP contribution in [-0.4, -0.2) is 14.4 Å². The number of fused-ring (bicyclic) bond motifs is 1. The molecule has 3 aromatic heterocycles. The Morgan fingerprint density at radius 1 is 1.53 bits per heavy atom. The normalized spacial score (nSPS) is 12.9. The molecule has 3 heterocycles. The van der Waals surface area contributed by atoms with Crippen LogP contribution < -0.4 is 11.3 Å². The SMILES string of the molecule is NNC(Cc1cn2ccsc2n1)c1ccncc1Cl. The molecule has 0 aliphatic heterocycles. The standard InChI is InChI=1S/C12H12ClN5S/c13-10-6-15-2-1-9(10)11(17-14)5-8-7-18-3-4-19-12(18)16-8/h1-4,6-7,11,17H,5,14H2. The Morgan fingerprint density at radius 2 is 2.42 bits per heavy atom. The van der Waals surface area contributed by atoms with E-state index in [4.69, 9.17) is 17.4 Å². The first-order chi connectivity index (χ1) is 9.28. The lowest BCUT2D eigenvalue weighted by Gasteiger charge is -2.16. The van der Waals surface area contributed by atoms with E-state index in [0.29, 0.717) is 11.4 Å². The van der Waals surface area contributed by atoms with E-state index < -0.39 is 0 Å². The molecule has 5 nitrogen and oxygen atoms in total. The molecular weight excluding hydrogens is 282 g/mol. The number of aromatic nitrogens is 3. The highest BCUT2D eigenvalue weighted by Crippen LogP contribution is 2.24. The lowest BCUT2D eigenvalue weighted by molar-refractivity contribution is 0.547. The maximum absolute atomic E-state index is 6.14. The van der Waals surface area contributed by atoms with E-state index in [1.807, 2.05) is 28.2 Å². The van der Waals surface area contributed by atoms with Crippen molar-refractivity contribution in [1.29, 1.82) is 0 Å². The Bertz CT molecular complexity index is 664. The molecule has 0 saturated carbocycles. The van der Waals surface area contributed by atoms with Gasteiger partial charge in [-0.25, -0.2) is 4.98 Å². The van der Waals surface area contributed by atoms with Crippen LogP contribution in [0.3, 0.4) is 0 Å². The first-order valence-electron chi connectivity index (χ1n) is 5.74.